The zero-order chi connectivity index (χ0) is 11.4. The van der Waals surface area contributed by atoms with Crippen LogP contribution in [0, 0.1) is 6.92 Å². The van der Waals surface area contributed by atoms with Crippen molar-refractivity contribution in [3.05, 3.63) is 29.8 Å². The lowest BCUT2D eigenvalue weighted by Crippen LogP contribution is -2.24. The highest BCUT2D eigenvalue weighted by Crippen LogP contribution is 2.36. The summed E-state index contributed by atoms with van der Waals surface area (Å²) in [4.78, 5) is 12.0. The molecule has 1 heterocycles. The van der Waals surface area contributed by atoms with Gasteiger partial charge in [-0.1, -0.05) is 18.2 Å². The Labute approximate surface area is 108 Å². The predicted octanol–water partition coefficient (Wildman–Crippen LogP) is 3.39. The summed E-state index contributed by atoms with van der Waals surface area (Å²) in [7, 11) is 0. The van der Waals surface area contributed by atoms with Crippen LogP contribution in [0.5, 0.6) is 0 Å². The molecule has 0 unspecified atom stereocenters. The van der Waals surface area contributed by atoms with Crippen LogP contribution in [-0.2, 0) is 4.79 Å². The topological polar surface area (TPSA) is 29.1 Å². The van der Waals surface area contributed by atoms with Gasteiger partial charge in [0.15, 0.2) is 0 Å². The zero-order valence-electron chi connectivity index (χ0n) is 8.93. The molecule has 1 saturated heterocycles. The van der Waals surface area contributed by atoms with Crippen LogP contribution in [0.2, 0.25) is 0 Å². The van der Waals surface area contributed by atoms with Crippen LogP contribution in [0.1, 0.15) is 5.56 Å². The van der Waals surface area contributed by atoms with Crippen molar-refractivity contribution < 1.29 is 4.79 Å². The number of thioether (sulfide) groups is 3. The molecule has 0 spiro atoms. The van der Waals surface area contributed by atoms with E-state index in [0.717, 1.165) is 21.4 Å². The fourth-order valence-electron chi connectivity index (χ4n) is 1.36. The molecule has 0 aromatic heterocycles. The molecule has 16 heavy (non-hydrogen) atoms. The number of carbonyl (C=O) groups is 1. The third-order valence-corrected chi connectivity index (χ3v) is 6.49. The molecule has 1 aliphatic heterocycles. The molecule has 2 nitrogen and oxygen atoms in total. The number of benzene rings is 1. The lowest BCUT2D eigenvalue weighted by Gasteiger charge is -2.20. The van der Waals surface area contributed by atoms with Crippen LogP contribution in [0.15, 0.2) is 24.3 Å². The van der Waals surface area contributed by atoms with E-state index in [1.807, 2.05) is 43.0 Å². The molecule has 1 amide bonds. The van der Waals surface area contributed by atoms with E-state index >= 15 is 0 Å². The molecule has 1 N–H and O–H groups in total. The first-order chi connectivity index (χ1) is 7.77. The van der Waals surface area contributed by atoms with E-state index in [1.54, 1.807) is 23.5 Å². The van der Waals surface area contributed by atoms with E-state index in [1.165, 1.54) is 0 Å². The molecule has 1 aliphatic rings. The van der Waals surface area contributed by atoms with Gasteiger partial charge in [0.25, 0.3) is 0 Å². The number of rotatable bonds is 2. The molecule has 1 aromatic rings. The van der Waals surface area contributed by atoms with E-state index in [0.29, 0.717) is 0 Å². The zero-order valence-corrected chi connectivity index (χ0v) is 11.4. The molecule has 0 atom stereocenters. The molecule has 1 aromatic carbocycles. The van der Waals surface area contributed by atoms with Gasteiger partial charge in [-0.3, -0.25) is 4.79 Å². The highest BCUT2D eigenvalue weighted by atomic mass is 32.3. The molecule has 0 saturated carbocycles. The van der Waals surface area contributed by atoms with Gasteiger partial charge in [0, 0.05) is 15.9 Å². The van der Waals surface area contributed by atoms with Crippen molar-refractivity contribution in [1.82, 2.24) is 0 Å². The molecule has 2 rings (SSSR count). The minimum absolute atomic E-state index is 0.0425. The highest BCUT2D eigenvalue weighted by Gasteiger charge is 2.22. The van der Waals surface area contributed by atoms with Gasteiger partial charge in [-0.2, -0.15) is 0 Å². The Morgan fingerprint density at radius 3 is 2.69 bits per heavy atom. The smallest absolute Gasteiger partial charge is 0.247 e. The first-order valence-electron chi connectivity index (χ1n) is 4.95. The molecular weight excluding hydrogens is 258 g/mol. The summed E-state index contributed by atoms with van der Waals surface area (Å²) in [6.45, 7) is 2.01. The summed E-state index contributed by atoms with van der Waals surface area (Å²) in [6.07, 6.45) is 0. The molecule has 1 fully saturated rings. The first-order valence-corrected chi connectivity index (χ1v) is 8.20. The summed E-state index contributed by atoms with van der Waals surface area (Å²) in [5, 5.41) is 5.02. The van der Waals surface area contributed by atoms with Crippen molar-refractivity contribution in [3.63, 3.8) is 0 Å². The van der Waals surface area contributed by atoms with Gasteiger partial charge >= 0.3 is 0 Å². The van der Waals surface area contributed by atoms with Crippen molar-refractivity contribution in [3.8, 4) is 0 Å². The van der Waals surface area contributed by atoms with E-state index in [9.17, 15) is 4.79 Å². The second-order valence-electron chi connectivity index (χ2n) is 3.41. The molecule has 0 bridgehead atoms. The average Bonchev–Trinajstić information content (AvgIpc) is 2.33. The lowest BCUT2D eigenvalue weighted by atomic mass is 10.2. The second kappa shape index (κ2) is 5.89. The highest BCUT2D eigenvalue weighted by molar-refractivity contribution is 8.33. The fraction of sp³-hybridized carbons (Fsp3) is 0.364. The number of nitrogens with one attached hydrogen (secondary N) is 1. The van der Waals surface area contributed by atoms with Crippen LogP contribution < -0.4 is 5.32 Å². The number of carbonyl (C=O) groups excluding carboxylic acids is 1. The summed E-state index contributed by atoms with van der Waals surface area (Å²) in [6, 6.07) is 7.87. The largest absolute Gasteiger partial charge is 0.324 e. The predicted molar refractivity (Wildman–Crippen MR) is 76.1 cm³/mol. The number of aryl methyl sites for hydroxylation is 1. The van der Waals surface area contributed by atoms with Crippen LogP contribution >= 0.6 is 35.3 Å². The van der Waals surface area contributed by atoms with Crippen molar-refractivity contribution in [2.24, 2.45) is 0 Å². The number of hydrogen-bond acceptors (Lipinski definition) is 4. The minimum Gasteiger partial charge on any atom is -0.324 e. The lowest BCUT2D eigenvalue weighted by molar-refractivity contribution is -0.114. The van der Waals surface area contributed by atoms with Crippen molar-refractivity contribution >= 4 is 46.9 Å². The van der Waals surface area contributed by atoms with Gasteiger partial charge in [0.2, 0.25) is 5.91 Å². The van der Waals surface area contributed by atoms with Gasteiger partial charge in [-0.25, -0.2) is 0 Å². The van der Waals surface area contributed by atoms with Gasteiger partial charge < -0.3 is 5.32 Å². The third-order valence-electron chi connectivity index (χ3n) is 2.22. The maximum Gasteiger partial charge on any atom is 0.247 e. The Morgan fingerprint density at radius 1 is 1.31 bits per heavy atom. The van der Waals surface area contributed by atoms with Gasteiger partial charge in [0.1, 0.15) is 4.58 Å². The van der Waals surface area contributed by atoms with E-state index in [2.05, 4.69) is 5.32 Å². The summed E-state index contributed by atoms with van der Waals surface area (Å²) in [5.74, 6) is 0.115. The molecule has 0 radical (unpaired) electrons. The Kier molecular flexibility index (Phi) is 4.49. The standard InChI is InChI=1S/C11H13NOS3/c1-8-4-2-3-5-9(8)12-10(13)11-15-6-14-7-16-11/h2-5,11H,6-7H2,1H3,(H,12,13). The maximum atomic E-state index is 12.0. The van der Waals surface area contributed by atoms with Crippen molar-refractivity contribution in [1.29, 1.82) is 0 Å². The second-order valence-corrected chi connectivity index (χ2v) is 7.61. The average molecular weight is 271 g/mol. The molecular formula is C11H13NOS3. The fourth-order valence-corrected chi connectivity index (χ4v) is 5.81. The number of anilines is 1. The van der Waals surface area contributed by atoms with E-state index < -0.39 is 0 Å². The Balaban J connectivity index is 1.99. The monoisotopic (exact) mass is 271 g/mol. The maximum absolute atomic E-state index is 12.0. The van der Waals surface area contributed by atoms with E-state index in [4.69, 9.17) is 0 Å². The van der Waals surface area contributed by atoms with E-state index in [-0.39, 0.29) is 10.5 Å². The minimum atomic E-state index is 0.0425. The molecule has 0 aliphatic carbocycles. The molecule has 86 valence electrons. The Morgan fingerprint density at radius 2 is 2.00 bits per heavy atom. The van der Waals surface area contributed by atoms with Crippen LogP contribution in [0.25, 0.3) is 0 Å². The quantitative estimate of drug-likeness (QED) is 0.893. The first kappa shape index (κ1) is 12.2. The Hall–Kier alpha value is -0.260. The Bertz CT molecular complexity index is 377. The number of hydrogen-bond donors (Lipinski definition) is 1. The molecule has 5 heteroatoms. The third kappa shape index (κ3) is 3.12. The van der Waals surface area contributed by atoms with Crippen LogP contribution in [0.3, 0.4) is 0 Å². The normalized spacial score (nSPS) is 17.1. The SMILES string of the molecule is Cc1ccccc1NC(=O)C1SCSCS1. The van der Waals surface area contributed by atoms with Gasteiger partial charge in [-0.15, -0.1) is 35.3 Å². The van der Waals surface area contributed by atoms with Crippen molar-refractivity contribution in [2.75, 3.05) is 15.5 Å². The number of amides is 1. The van der Waals surface area contributed by atoms with Crippen LogP contribution in [0.4, 0.5) is 5.69 Å². The van der Waals surface area contributed by atoms with Crippen molar-refractivity contribution in [2.45, 2.75) is 11.5 Å². The summed E-state index contributed by atoms with van der Waals surface area (Å²) in [5.41, 5.74) is 2.03. The van der Waals surface area contributed by atoms with Crippen LogP contribution in [-0.4, -0.2) is 20.7 Å². The summed E-state index contributed by atoms with van der Waals surface area (Å²) < 4.78 is 0.0425. The number of para-hydroxylation sites is 1. The van der Waals surface area contributed by atoms with Gasteiger partial charge in [-0.05, 0) is 18.6 Å². The van der Waals surface area contributed by atoms with Gasteiger partial charge in [0.05, 0.1) is 0 Å². The summed E-state index contributed by atoms with van der Waals surface area (Å²) >= 11 is 5.29.